The molecule has 2 rings (SSSR count). The zero-order chi connectivity index (χ0) is 12.8. The van der Waals surface area contributed by atoms with E-state index in [4.69, 9.17) is 5.73 Å². The number of aromatic nitrogens is 1. The molecule has 0 aliphatic carbocycles. The fraction of sp³-hybridized carbons (Fsp3) is 0.143. The first-order valence-electron chi connectivity index (χ1n) is 5.80. The van der Waals surface area contributed by atoms with Gasteiger partial charge in [-0.05, 0) is 24.3 Å². The average molecular weight is 241 g/mol. The highest BCUT2D eigenvalue weighted by molar-refractivity contribution is 5.98. The summed E-state index contributed by atoms with van der Waals surface area (Å²) in [5.74, 6) is -0.420. The minimum atomic E-state index is -0.420. The molecule has 1 aromatic carbocycles. The molecule has 0 radical (unpaired) electrons. The number of benzene rings is 1. The van der Waals surface area contributed by atoms with Gasteiger partial charge in [0.2, 0.25) is 0 Å². The van der Waals surface area contributed by atoms with E-state index in [2.05, 4.69) is 10.3 Å². The van der Waals surface area contributed by atoms with E-state index in [1.165, 1.54) is 0 Å². The summed E-state index contributed by atoms with van der Waals surface area (Å²) in [5.41, 5.74) is 7.60. The molecule has 4 nitrogen and oxygen atoms in total. The van der Waals surface area contributed by atoms with E-state index in [1.807, 2.05) is 30.3 Å². The van der Waals surface area contributed by atoms with Crippen molar-refractivity contribution in [1.82, 2.24) is 4.98 Å². The van der Waals surface area contributed by atoms with Crippen LogP contribution >= 0.6 is 0 Å². The molecule has 0 fully saturated rings. The van der Waals surface area contributed by atoms with Gasteiger partial charge < -0.3 is 11.1 Å². The van der Waals surface area contributed by atoms with Crippen molar-refractivity contribution in [3.05, 3.63) is 59.9 Å². The summed E-state index contributed by atoms with van der Waals surface area (Å²) in [6.07, 6.45) is 2.57. The summed E-state index contributed by atoms with van der Waals surface area (Å²) in [7, 11) is 0. The van der Waals surface area contributed by atoms with Gasteiger partial charge in [0.05, 0.1) is 5.56 Å². The Bertz CT molecular complexity index is 526. The van der Waals surface area contributed by atoms with Crippen molar-refractivity contribution >= 4 is 11.6 Å². The minimum Gasteiger partial charge on any atom is -0.384 e. The number of primary amides is 1. The number of carbonyl (C=O) groups excluding carboxylic acids is 1. The lowest BCUT2D eigenvalue weighted by molar-refractivity contribution is 0.100. The Morgan fingerprint density at radius 2 is 1.94 bits per heavy atom. The fourth-order valence-electron chi connectivity index (χ4n) is 1.72. The van der Waals surface area contributed by atoms with Crippen LogP contribution in [0.1, 0.15) is 16.1 Å². The molecule has 0 saturated carbocycles. The second-order valence-corrected chi connectivity index (χ2v) is 3.91. The SMILES string of the molecule is NC(=O)c1ccccc1NCCc1ccccn1. The van der Waals surface area contributed by atoms with Gasteiger partial charge in [0.15, 0.2) is 0 Å². The molecule has 1 heterocycles. The molecule has 92 valence electrons. The fourth-order valence-corrected chi connectivity index (χ4v) is 1.72. The number of carbonyl (C=O) groups is 1. The molecular weight excluding hydrogens is 226 g/mol. The Morgan fingerprint density at radius 1 is 1.17 bits per heavy atom. The zero-order valence-corrected chi connectivity index (χ0v) is 9.97. The molecule has 0 aliphatic heterocycles. The van der Waals surface area contributed by atoms with Gasteiger partial charge in [-0.3, -0.25) is 9.78 Å². The Kier molecular flexibility index (Phi) is 3.91. The second kappa shape index (κ2) is 5.82. The Morgan fingerprint density at radius 3 is 2.67 bits per heavy atom. The number of nitrogens with zero attached hydrogens (tertiary/aromatic N) is 1. The van der Waals surface area contributed by atoms with Gasteiger partial charge in [0.25, 0.3) is 5.91 Å². The largest absolute Gasteiger partial charge is 0.384 e. The summed E-state index contributed by atoms with van der Waals surface area (Å²) >= 11 is 0. The van der Waals surface area contributed by atoms with Crippen LogP contribution in [0.2, 0.25) is 0 Å². The van der Waals surface area contributed by atoms with Crippen molar-refractivity contribution in [2.24, 2.45) is 5.73 Å². The molecule has 0 aliphatic rings. The molecule has 0 atom stereocenters. The van der Waals surface area contributed by atoms with Gasteiger partial charge in [-0.25, -0.2) is 0 Å². The quantitative estimate of drug-likeness (QED) is 0.839. The number of amides is 1. The molecule has 4 heteroatoms. The van der Waals surface area contributed by atoms with Crippen LogP contribution in [0, 0.1) is 0 Å². The molecule has 0 saturated heterocycles. The standard InChI is InChI=1S/C14H15N3O/c15-14(18)12-6-1-2-7-13(12)17-10-8-11-5-3-4-9-16-11/h1-7,9,17H,8,10H2,(H2,15,18). The van der Waals surface area contributed by atoms with Crippen LogP contribution in [-0.2, 0) is 6.42 Å². The van der Waals surface area contributed by atoms with Crippen molar-refractivity contribution in [2.45, 2.75) is 6.42 Å². The Balaban J connectivity index is 1.97. The van der Waals surface area contributed by atoms with Crippen LogP contribution in [0.3, 0.4) is 0 Å². The lowest BCUT2D eigenvalue weighted by atomic mass is 10.1. The highest BCUT2D eigenvalue weighted by atomic mass is 16.1. The molecule has 2 aromatic rings. The van der Waals surface area contributed by atoms with Gasteiger partial charge >= 0.3 is 0 Å². The number of rotatable bonds is 5. The highest BCUT2D eigenvalue weighted by Gasteiger charge is 2.05. The Labute approximate surface area is 106 Å². The normalized spacial score (nSPS) is 10.0. The summed E-state index contributed by atoms with van der Waals surface area (Å²) in [5, 5.41) is 3.20. The van der Waals surface area contributed by atoms with Crippen LogP contribution in [-0.4, -0.2) is 17.4 Å². The molecule has 0 bridgehead atoms. The third-order valence-electron chi connectivity index (χ3n) is 2.62. The van der Waals surface area contributed by atoms with Crippen LogP contribution in [0.5, 0.6) is 0 Å². The van der Waals surface area contributed by atoms with Gasteiger partial charge in [-0.15, -0.1) is 0 Å². The van der Waals surface area contributed by atoms with Gasteiger partial charge in [-0.2, -0.15) is 0 Å². The molecule has 1 aromatic heterocycles. The molecular formula is C14H15N3O. The number of nitrogens with one attached hydrogen (secondary N) is 1. The number of nitrogens with two attached hydrogens (primary N) is 1. The van der Waals surface area contributed by atoms with Crippen LogP contribution in [0.15, 0.2) is 48.7 Å². The summed E-state index contributed by atoms with van der Waals surface area (Å²) in [6, 6.07) is 13.0. The predicted molar refractivity (Wildman–Crippen MR) is 71.4 cm³/mol. The van der Waals surface area contributed by atoms with E-state index >= 15 is 0 Å². The maximum atomic E-state index is 11.2. The lowest BCUT2D eigenvalue weighted by Crippen LogP contribution is -2.15. The van der Waals surface area contributed by atoms with Crippen molar-refractivity contribution in [1.29, 1.82) is 0 Å². The average Bonchev–Trinajstić information content (AvgIpc) is 2.40. The maximum absolute atomic E-state index is 11.2. The number of pyridine rings is 1. The maximum Gasteiger partial charge on any atom is 0.250 e. The molecule has 3 N–H and O–H groups in total. The predicted octanol–water partition coefficient (Wildman–Crippen LogP) is 1.84. The zero-order valence-electron chi connectivity index (χ0n) is 9.97. The van der Waals surface area contributed by atoms with E-state index < -0.39 is 5.91 Å². The molecule has 1 amide bonds. The van der Waals surface area contributed by atoms with Gasteiger partial charge in [0, 0.05) is 30.5 Å². The van der Waals surface area contributed by atoms with E-state index in [-0.39, 0.29) is 0 Å². The lowest BCUT2D eigenvalue weighted by Gasteiger charge is -2.09. The summed E-state index contributed by atoms with van der Waals surface area (Å²) in [6.45, 7) is 0.710. The van der Waals surface area contributed by atoms with E-state index in [0.717, 1.165) is 17.8 Å². The van der Waals surface area contributed by atoms with E-state index in [1.54, 1.807) is 18.3 Å². The van der Waals surface area contributed by atoms with E-state index in [9.17, 15) is 4.79 Å². The monoisotopic (exact) mass is 241 g/mol. The van der Waals surface area contributed by atoms with Crippen molar-refractivity contribution in [3.8, 4) is 0 Å². The van der Waals surface area contributed by atoms with Crippen LogP contribution in [0.4, 0.5) is 5.69 Å². The Hall–Kier alpha value is -2.36. The smallest absolute Gasteiger partial charge is 0.250 e. The van der Waals surface area contributed by atoms with Crippen molar-refractivity contribution < 1.29 is 4.79 Å². The number of para-hydroxylation sites is 1. The highest BCUT2D eigenvalue weighted by Crippen LogP contribution is 2.13. The van der Waals surface area contributed by atoms with Gasteiger partial charge in [-0.1, -0.05) is 18.2 Å². The molecule has 18 heavy (non-hydrogen) atoms. The van der Waals surface area contributed by atoms with Crippen LogP contribution in [0.25, 0.3) is 0 Å². The molecule has 0 spiro atoms. The summed E-state index contributed by atoms with van der Waals surface area (Å²) < 4.78 is 0. The number of hydrogen-bond donors (Lipinski definition) is 2. The first-order valence-corrected chi connectivity index (χ1v) is 5.80. The number of hydrogen-bond acceptors (Lipinski definition) is 3. The molecule has 0 unspecified atom stereocenters. The third-order valence-corrected chi connectivity index (χ3v) is 2.62. The number of anilines is 1. The van der Waals surface area contributed by atoms with Crippen molar-refractivity contribution in [3.63, 3.8) is 0 Å². The van der Waals surface area contributed by atoms with E-state index in [0.29, 0.717) is 12.1 Å². The summed E-state index contributed by atoms with van der Waals surface area (Å²) in [4.78, 5) is 15.5. The van der Waals surface area contributed by atoms with Crippen molar-refractivity contribution in [2.75, 3.05) is 11.9 Å². The first kappa shape index (κ1) is 12.1. The minimum absolute atomic E-state index is 0.420. The van der Waals surface area contributed by atoms with Gasteiger partial charge in [0.1, 0.15) is 0 Å². The van der Waals surface area contributed by atoms with Crippen LogP contribution < -0.4 is 11.1 Å². The first-order chi connectivity index (χ1) is 8.77. The topological polar surface area (TPSA) is 68.0 Å². The third kappa shape index (κ3) is 3.07. The second-order valence-electron chi connectivity index (χ2n) is 3.91.